The number of ether oxygens (including phenoxy) is 2. The largest absolute Gasteiger partial charge is 0.457 e. The molecule has 1 heterocycles. The molecule has 0 aromatic heterocycles. The molecule has 1 aromatic rings. The van der Waals surface area contributed by atoms with Crippen molar-refractivity contribution >= 4 is 5.97 Å². The van der Waals surface area contributed by atoms with Gasteiger partial charge >= 0.3 is 5.97 Å². The predicted molar refractivity (Wildman–Crippen MR) is 87.3 cm³/mol. The van der Waals surface area contributed by atoms with E-state index in [-0.39, 0.29) is 11.9 Å². The van der Waals surface area contributed by atoms with Crippen molar-refractivity contribution in [2.45, 2.75) is 52.7 Å². The topological polar surface area (TPSA) is 35.5 Å². The first kappa shape index (κ1) is 16.3. The Morgan fingerprint density at radius 3 is 2.55 bits per heavy atom. The molecule has 22 heavy (non-hydrogen) atoms. The summed E-state index contributed by atoms with van der Waals surface area (Å²) in [4.78, 5) is 12.0. The number of hydrogen-bond donors (Lipinski definition) is 0. The van der Waals surface area contributed by atoms with Gasteiger partial charge in [0, 0.05) is 26.2 Å². The van der Waals surface area contributed by atoms with Gasteiger partial charge in [-0.3, -0.25) is 0 Å². The molecule has 3 nitrogen and oxygen atoms in total. The quantitative estimate of drug-likeness (QED) is 0.601. The van der Waals surface area contributed by atoms with Crippen LogP contribution >= 0.6 is 0 Å². The molecule has 118 valence electrons. The Hall–Kier alpha value is -2.03. The number of rotatable bonds is 4. The molecule has 0 fully saturated rings. The van der Waals surface area contributed by atoms with Crippen LogP contribution in [0.5, 0.6) is 0 Å². The van der Waals surface area contributed by atoms with Crippen LogP contribution in [0.25, 0.3) is 0 Å². The van der Waals surface area contributed by atoms with E-state index in [4.69, 9.17) is 9.47 Å². The maximum atomic E-state index is 12.0. The highest BCUT2D eigenvalue weighted by Gasteiger charge is 2.34. The molecule has 0 radical (unpaired) electrons. The molecule has 2 rings (SSSR count). The van der Waals surface area contributed by atoms with E-state index in [1.165, 1.54) is 11.1 Å². The van der Waals surface area contributed by atoms with Crippen LogP contribution in [0.4, 0.5) is 0 Å². The third-order valence-corrected chi connectivity index (χ3v) is 3.86. The molecule has 0 spiro atoms. The van der Waals surface area contributed by atoms with Gasteiger partial charge in [0.25, 0.3) is 0 Å². The molecular weight excluding hydrogens is 276 g/mol. The average Bonchev–Trinajstić information content (AvgIpc) is 2.40. The molecule has 0 aliphatic carbocycles. The molecule has 1 aliphatic rings. The number of carbonyl (C=O) groups excluding carboxylic acids is 1. The Kier molecular flexibility index (Phi) is 4.45. The zero-order valence-corrected chi connectivity index (χ0v) is 14.0. The maximum absolute atomic E-state index is 12.0. The van der Waals surface area contributed by atoms with E-state index in [2.05, 4.69) is 31.7 Å². The standard InChI is InChI=1S/C19H24O3/c1-12(2)16(15-9-7-8-13(3)10-15)11-17-14(4)18(20)22-19(5,6)21-17/h7-10,16H,1,11H2,2-6H3/t16-/m0/s1. The first-order valence-electron chi connectivity index (χ1n) is 7.53. The fourth-order valence-corrected chi connectivity index (χ4v) is 2.65. The lowest BCUT2D eigenvalue weighted by Crippen LogP contribution is -2.36. The highest BCUT2D eigenvalue weighted by atomic mass is 16.7. The van der Waals surface area contributed by atoms with Crippen molar-refractivity contribution in [3.63, 3.8) is 0 Å². The number of allylic oxidation sites excluding steroid dienone is 2. The monoisotopic (exact) mass is 300 g/mol. The normalized spacial score (nSPS) is 18.5. The Morgan fingerprint density at radius 1 is 1.27 bits per heavy atom. The SMILES string of the molecule is C=C(C)[C@H](CC1=C(C)C(=O)OC(C)(C)O1)c1cccc(C)c1. The average molecular weight is 300 g/mol. The molecule has 0 unspecified atom stereocenters. The van der Waals surface area contributed by atoms with Gasteiger partial charge in [0.1, 0.15) is 5.76 Å². The number of cyclic esters (lactones) is 1. The van der Waals surface area contributed by atoms with Gasteiger partial charge in [0.2, 0.25) is 5.79 Å². The number of aryl methyl sites for hydroxylation is 1. The van der Waals surface area contributed by atoms with E-state index in [0.29, 0.717) is 17.8 Å². The van der Waals surface area contributed by atoms with Crippen LogP contribution in [-0.4, -0.2) is 11.8 Å². The fourth-order valence-electron chi connectivity index (χ4n) is 2.65. The van der Waals surface area contributed by atoms with Gasteiger partial charge in [0.15, 0.2) is 0 Å². The van der Waals surface area contributed by atoms with E-state index < -0.39 is 5.79 Å². The van der Waals surface area contributed by atoms with Crippen LogP contribution < -0.4 is 0 Å². The summed E-state index contributed by atoms with van der Waals surface area (Å²) in [5, 5.41) is 0. The minimum Gasteiger partial charge on any atom is -0.457 e. The Morgan fingerprint density at radius 2 is 1.95 bits per heavy atom. The molecular formula is C19H24O3. The van der Waals surface area contributed by atoms with E-state index >= 15 is 0 Å². The smallest absolute Gasteiger partial charge is 0.340 e. The lowest BCUT2D eigenvalue weighted by atomic mass is 9.87. The number of hydrogen-bond acceptors (Lipinski definition) is 3. The molecule has 0 amide bonds. The van der Waals surface area contributed by atoms with Gasteiger partial charge in [-0.15, -0.1) is 0 Å². The molecule has 0 N–H and O–H groups in total. The summed E-state index contributed by atoms with van der Waals surface area (Å²) in [5.41, 5.74) is 3.98. The van der Waals surface area contributed by atoms with E-state index in [1.54, 1.807) is 20.8 Å². The molecule has 0 saturated carbocycles. The van der Waals surface area contributed by atoms with E-state index in [0.717, 1.165) is 5.57 Å². The summed E-state index contributed by atoms with van der Waals surface area (Å²) < 4.78 is 11.1. The zero-order valence-electron chi connectivity index (χ0n) is 14.0. The van der Waals surface area contributed by atoms with Crippen LogP contribution in [0.15, 0.2) is 47.7 Å². The second kappa shape index (κ2) is 5.99. The van der Waals surface area contributed by atoms with Crippen molar-refractivity contribution in [2.75, 3.05) is 0 Å². The number of esters is 1. The first-order chi connectivity index (χ1) is 10.2. The molecule has 1 aromatic carbocycles. The van der Waals surface area contributed by atoms with Gasteiger partial charge < -0.3 is 9.47 Å². The summed E-state index contributed by atoms with van der Waals surface area (Å²) in [6.07, 6.45) is 0.614. The highest BCUT2D eigenvalue weighted by molar-refractivity contribution is 5.89. The fraction of sp³-hybridized carbons (Fsp3) is 0.421. The van der Waals surface area contributed by atoms with Crippen molar-refractivity contribution < 1.29 is 14.3 Å². The van der Waals surface area contributed by atoms with Gasteiger partial charge in [-0.2, -0.15) is 0 Å². The third kappa shape index (κ3) is 3.59. The molecule has 1 atom stereocenters. The van der Waals surface area contributed by atoms with E-state index in [9.17, 15) is 4.79 Å². The molecule has 1 aliphatic heterocycles. The highest BCUT2D eigenvalue weighted by Crippen LogP contribution is 2.36. The van der Waals surface area contributed by atoms with E-state index in [1.807, 2.05) is 13.0 Å². The second-order valence-electron chi connectivity index (χ2n) is 6.46. The Labute approximate surface area is 132 Å². The lowest BCUT2D eigenvalue weighted by Gasteiger charge is -2.34. The summed E-state index contributed by atoms with van der Waals surface area (Å²) in [6, 6.07) is 8.36. The van der Waals surface area contributed by atoms with Gasteiger partial charge in [-0.25, -0.2) is 4.79 Å². The molecule has 0 saturated heterocycles. The van der Waals surface area contributed by atoms with Gasteiger partial charge in [-0.1, -0.05) is 42.0 Å². The summed E-state index contributed by atoms with van der Waals surface area (Å²) >= 11 is 0. The summed E-state index contributed by atoms with van der Waals surface area (Å²) in [7, 11) is 0. The van der Waals surface area contributed by atoms with Crippen LogP contribution in [0.3, 0.4) is 0 Å². The third-order valence-electron chi connectivity index (χ3n) is 3.86. The zero-order chi connectivity index (χ0) is 16.5. The van der Waals surface area contributed by atoms with Crippen LogP contribution in [-0.2, 0) is 14.3 Å². The Balaban J connectivity index is 2.34. The van der Waals surface area contributed by atoms with Crippen molar-refractivity contribution in [1.82, 2.24) is 0 Å². The molecule has 3 heteroatoms. The first-order valence-corrected chi connectivity index (χ1v) is 7.53. The van der Waals surface area contributed by atoms with Crippen LogP contribution in [0.2, 0.25) is 0 Å². The minimum atomic E-state index is -0.918. The lowest BCUT2D eigenvalue weighted by molar-refractivity contribution is -0.208. The molecule has 0 bridgehead atoms. The number of benzene rings is 1. The predicted octanol–water partition coefficient (Wildman–Crippen LogP) is 4.63. The second-order valence-corrected chi connectivity index (χ2v) is 6.46. The van der Waals surface area contributed by atoms with Crippen molar-refractivity contribution in [2.24, 2.45) is 0 Å². The summed E-state index contributed by atoms with van der Waals surface area (Å²) in [6.45, 7) is 13.4. The van der Waals surface area contributed by atoms with Gasteiger partial charge in [-0.05, 0) is 26.3 Å². The van der Waals surface area contributed by atoms with Crippen molar-refractivity contribution in [3.05, 3.63) is 58.9 Å². The minimum absolute atomic E-state index is 0.117. The summed E-state index contributed by atoms with van der Waals surface area (Å²) in [5.74, 6) is -0.420. The van der Waals surface area contributed by atoms with Gasteiger partial charge in [0.05, 0.1) is 5.57 Å². The van der Waals surface area contributed by atoms with Crippen LogP contribution in [0, 0.1) is 6.92 Å². The number of carbonyl (C=O) groups is 1. The maximum Gasteiger partial charge on any atom is 0.340 e. The Bertz CT molecular complexity index is 638. The van der Waals surface area contributed by atoms with Crippen molar-refractivity contribution in [3.8, 4) is 0 Å². The van der Waals surface area contributed by atoms with Crippen molar-refractivity contribution in [1.29, 1.82) is 0 Å². The van der Waals surface area contributed by atoms with Crippen LogP contribution in [0.1, 0.15) is 51.2 Å².